The summed E-state index contributed by atoms with van der Waals surface area (Å²) >= 11 is 5.95. The zero-order valence-electron chi connectivity index (χ0n) is 10.1. The fourth-order valence-corrected chi connectivity index (χ4v) is 1.77. The Labute approximate surface area is 112 Å². The standard InChI is InChI=1S/C13H18ClNO3/c14-12-5-10(15)3-4-13(12)18-8-11(16)7-17-6-9-1-2-9/h3-5,9,11,16H,1-2,6-8,15H2. The summed E-state index contributed by atoms with van der Waals surface area (Å²) in [5.74, 6) is 1.22. The van der Waals surface area contributed by atoms with Crippen LogP contribution >= 0.6 is 11.6 Å². The molecule has 1 aromatic carbocycles. The topological polar surface area (TPSA) is 64.7 Å². The van der Waals surface area contributed by atoms with Gasteiger partial charge < -0.3 is 20.3 Å². The Hall–Kier alpha value is -0.970. The highest BCUT2D eigenvalue weighted by molar-refractivity contribution is 6.32. The maximum Gasteiger partial charge on any atom is 0.138 e. The zero-order valence-corrected chi connectivity index (χ0v) is 10.9. The van der Waals surface area contributed by atoms with Gasteiger partial charge >= 0.3 is 0 Å². The van der Waals surface area contributed by atoms with Gasteiger partial charge in [0.25, 0.3) is 0 Å². The van der Waals surface area contributed by atoms with Crippen molar-refractivity contribution in [2.45, 2.75) is 18.9 Å². The number of nitrogen functional groups attached to an aromatic ring is 1. The number of anilines is 1. The summed E-state index contributed by atoms with van der Waals surface area (Å²) < 4.78 is 10.8. The number of benzene rings is 1. The number of ether oxygens (including phenoxy) is 2. The number of aliphatic hydroxyl groups excluding tert-OH is 1. The highest BCUT2D eigenvalue weighted by atomic mass is 35.5. The first-order valence-electron chi connectivity index (χ1n) is 6.09. The van der Waals surface area contributed by atoms with E-state index >= 15 is 0 Å². The number of rotatable bonds is 7. The van der Waals surface area contributed by atoms with Crippen molar-refractivity contribution in [1.29, 1.82) is 0 Å². The highest BCUT2D eigenvalue weighted by Crippen LogP contribution is 2.29. The molecular weight excluding hydrogens is 254 g/mol. The number of aliphatic hydroxyl groups is 1. The van der Waals surface area contributed by atoms with Gasteiger partial charge in [0, 0.05) is 12.3 Å². The van der Waals surface area contributed by atoms with Gasteiger partial charge in [-0.25, -0.2) is 0 Å². The van der Waals surface area contributed by atoms with Crippen LogP contribution in [0, 0.1) is 5.92 Å². The fourth-order valence-electron chi connectivity index (χ4n) is 1.52. The van der Waals surface area contributed by atoms with Gasteiger partial charge in [-0.05, 0) is 37.0 Å². The van der Waals surface area contributed by atoms with Crippen molar-refractivity contribution in [2.75, 3.05) is 25.6 Å². The summed E-state index contributed by atoms with van der Waals surface area (Å²) in [6.07, 6.45) is 1.85. The molecule has 1 aromatic rings. The number of nitrogens with two attached hydrogens (primary N) is 1. The molecule has 0 spiro atoms. The number of halogens is 1. The van der Waals surface area contributed by atoms with Crippen LogP contribution in [0.15, 0.2) is 18.2 Å². The molecule has 1 atom stereocenters. The molecule has 4 nitrogen and oxygen atoms in total. The van der Waals surface area contributed by atoms with Crippen LogP contribution in [0.4, 0.5) is 5.69 Å². The minimum atomic E-state index is -0.641. The Kier molecular flexibility index (Phi) is 4.69. The van der Waals surface area contributed by atoms with Crippen molar-refractivity contribution in [2.24, 2.45) is 5.92 Å². The third-order valence-electron chi connectivity index (χ3n) is 2.75. The lowest BCUT2D eigenvalue weighted by Gasteiger charge is -2.13. The fraction of sp³-hybridized carbons (Fsp3) is 0.538. The van der Waals surface area contributed by atoms with E-state index in [1.54, 1.807) is 18.2 Å². The summed E-state index contributed by atoms with van der Waals surface area (Å²) in [7, 11) is 0. The quantitative estimate of drug-likeness (QED) is 0.746. The monoisotopic (exact) mass is 271 g/mol. The van der Waals surface area contributed by atoms with E-state index in [2.05, 4.69) is 0 Å². The molecule has 3 N–H and O–H groups in total. The van der Waals surface area contributed by atoms with Gasteiger partial charge in [0.1, 0.15) is 18.5 Å². The first-order valence-corrected chi connectivity index (χ1v) is 6.46. The van der Waals surface area contributed by atoms with Crippen LogP contribution < -0.4 is 10.5 Å². The Bertz CT molecular complexity index is 396. The third-order valence-corrected chi connectivity index (χ3v) is 3.04. The van der Waals surface area contributed by atoms with Crippen molar-refractivity contribution in [3.8, 4) is 5.75 Å². The van der Waals surface area contributed by atoms with Gasteiger partial charge in [-0.15, -0.1) is 0 Å². The van der Waals surface area contributed by atoms with Crippen molar-refractivity contribution < 1.29 is 14.6 Å². The Balaban J connectivity index is 1.68. The van der Waals surface area contributed by atoms with Crippen molar-refractivity contribution >= 4 is 17.3 Å². The Morgan fingerprint density at radius 1 is 1.39 bits per heavy atom. The summed E-state index contributed by atoms with van der Waals surface area (Å²) in [4.78, 5) is 0. The second-order valence-electron chi connectivity index (χ2n) is 4.64. The van der Waals surface area contributed by atoms with Crippen LogP contribution in [0.1, 0.15) is 12.8 Å². The summed E-state index contributed by atoms with van der Waals surface area (Å²) in [6, 6.07) is 5.01. The summed E-state index contributed by atoms with van der Waals surface area (Å²) in [5, 5.41) is 10.1. The zero-order chi connectivity index (χ0) is 13.0. The minimum Gasteiger partial charge on any atom is -0.489 e. The molecule has 0 radical (unpaired) electrons. The summed E-state index contributed by atoms with van der Waals surface area (Å²) in [6.45, 7) is 1.19. The van der Waals surface area contributed by atoms with Crippen molar-refractivity contribution in [3.63, 3.8) is 0 Å². The van der Waals surface area contributed by atoms with Crippen molar-refractivity contribution in [3.05, 3.63) is 23.2 Å². The Morgan fingerprint density at radius 3 is 2.83 bits per heavy atom. The van der Waals surface area contributed by atoms with Crippen LogP contribution in [0.5, 0.6) is 5.75 Å². The average molecular weight is 272 g/mol. The third kappa shape index (κ3) is 4.37. The molecule has 0 heterocycles. The van der Waals surface area contributed by atoms with Gasteiger partial charge in [0.05, 0.1) is 11.6 Å². The van der Waals surface area contributed by atoms with Crippen molar-refractivity contribution in [1.82, 2.24) is 0 Å². The lowest BCUT2D eigenvalue weighted by Crippen LogP contribution is -2.24. The van der Waals surface area contributed by atoms with E-state index in [0.717, 1.165) is 6.61 Å². The van der Waals surface area contributed by atoms with Gasteiger partial charge in [-0.3, -0.25) is 0 Å². The number of hydrogen-bond acceptors (Lipinski definition) is 4. The average Bonchev–Trinajstić information content (AvgIpc) is 3.12. The molecule has 2 rings (SSSR count). The van der Waals surface area contributed by atoms with E-state index in [-0.39, 0.29) is 6.61 Å². The smallest absolute Gasteiger partial charge is 0.138 e. The van der Waals surface area contributed by atoms with Gasteiger partial charge in [-0.1, -0.05) is 11.6 Å². The van der Waals surface area contributed by atoms with Crippen LogP contribution in [0.3, 0.4) is 0 Å². The van der Waals surface area contributed by atoms with E-state index in [0.29, 0.717) is 29.0 Å². The molecule has 1 saturated carbocycles. The molecule has 0 bridgehead atoms. The van der Waals surface area contributed by atoms with Gasteiger partial charge in [0.15, 0.2) is 0 Å². The lowest BCUT2D eigenvalue weighted by atomic mass is 10.3. The van der Waals surface area contributed by atoms with Gasteiger partial charge in [-0.2, -0.15) is 0 Å². The predicted octanol–water partition coefficient (Wildman–Crippen LogP) is 2.09. The molecule has 18 heavy (non-hydrogen) atoms. The Morgan fingerprint density at radius 2 is 2.17 bits per heavy atom. The first kappa shape index (κ1) is 13.5. The predicted molar refractivity (Wildman–Crippen MR) is 70.9 cm³/mol. The van der Waals surface area contributed by atoms with E-state index in [9.17, 15) is 5.11 Å². The minimum absolute atomic E-state index is 0.161. The second kappa shape index (κ2) is 6.27. The second-order valence-corrected chi connectivity index (χ2v) is 5.04. The SMILES string of the molecule is Nc1ccc(OCC(O)COCC2CC2)c(Cl)c1. The van der Waals surface area contributed by atoms with E-state index in [1.165, 1.54) is 12.8 Å². The molecule has 1 fully saturated rings. The van der Waals surface area contributed by atoms with Crippen LogP contribution in [-0.2, 0) is 4.74 Å². The molecule has 0 aliphatic heterocycles. The lowest BCUT2D eigenvalue weighted by molar-refractivity contribution is 0.00874. The largest absolute Gasteiger partial charge is 0.489 e. The van der Waals surface area contributed by atoms with Gasteiger partial charge in [0.2, 0.25) is 0 Å². The van der Waals surface area contributed by atoms with E-state index in [4.69, 9.17) is 26.8 Å². The number of hydrogen-bond donors (Lipinski definition) is 2. The molecule has 5 heteroatoms. The van der Waals surface area contributed by atoms with E-state index < -0.39 is 6.10 Å². The van der Waals surface area contributed by atoms with Crippen LogP contribution in [-0.4, -0.2) is 31.0 Å². The first-order chi connectivity index (χ1) is 8.65. The molecule has 0 amide bonds. The van der Waals surface area contributed by atoms with Crippen LogP contribution in [0.25, 0.3) is 0 Å². The van der Waals surface area contributed by atoms with Crippen LogP contribution in [0.2, 0.25) is 5.02 Å². The maximum atomic E-state index is 9.67. The molecule has 1 unspecified atom stereocenters. The molecule has 1 aliphatic carbocycles. The molecule has 0 aromatic heterocycles. The molecule has 100 valence electrons. The molecule has 0 saturated heterocycles. The highest BCUT2D eigenvalue weighted by Gasteiger charge is 2.21. The molecular formula is C13H18ClNO3. The normalized spacial score (nSPS) is 16.6. The molecule has 1 aliphatic rings. The summed E-state index contributed by atoms with van der Waals surface area (Å²) in [5.41, 5.74) is 6.16. The maximum absolute atomic E-state index is 9.67. The van der Waals surface area contributed by atoms with E-state index in [1.807, 2.05) is 0 Å².